The van der Waals surface area contributed by atoms with Crippen molar-refractivity contribution >= 4 is 49.4 Å². The molecule has 0 fully saturated rings. The van der Waals surface area contributed by atoms with E-state index in [0.717, 1.165) is 17.1 Å². The molecule has 6 aromatic carbocycles. The maximum atomic E-state index is 2.36. The summed E-state index contributed by atoms with van der Waals surface area (Å²) in [6.45, 7) is 2.14. The van der Waals surface area contributed by atoms with Crippen molar-refractivity contribution in [3.63, 3.8) is 0 Å². The lowest BCUT2D eigenvalue weighted by molar-refractivity contribution is 1.30. The van der Waals surface area contributed by atoms with Gasteiger partial charge in [-0.25, -0.2) is 0 Å². The van der Waals surface area contributed by atoms with Gasteiger partial charge in [-0.05, 0) is 75.6 Å². The summed E-state index contributed by atoms with van der Waals surface area (Å²) >= 11 is 0. The minimum atomic E-state index is 1.16. The van der Waals surface area contributed by atoms with E-state index in [1.807, 2.05) is 0 Å². The fourth-order valence-electron chi connectivity index (χ4n) is 4.57. The average Bonchev–Trinajstić information content (AvgIpc) is 2.84. The van der Waals surface area contributed by atoms with Crippen LogP contribution in [0.25, 0.3) is 32.3 Å². The number of nitrogens with zero attached hydrogens (tertiary/aromatic N) is 1. The fraction of sp³-hybridized carbons (Fsp3) is 0.0323. The lowest BCUT2D eigenvalue weighted by Gasteiger charge is -2.26. The standard InChI is InChI=1S/C31H23N/c1-22-10-11-28-21-31(17-14-27(28)18-22)32(29-15-12-23-6-2-4-8-25(23)19-29)30-16-13-24-7-3-5-9-26(24)20-30/h2-21H,1H3. The van der Waals surface area contributed by atoms with E-state index in [0.29, 0.717) is 0 Å². The van der Waals surface area contributed by atoms with Gasteiger partial charge >= 0.3 is 0 Å². The molecule has 0 aliphatic rings. The van der Waals surface area contributed by atoms with Gasteiger partial charge in [0.1, 0.15) is 0 Å². The minimum absolute atomic E-state index is 1.16. The van der Waals surface area contributed by atoms with Gasteiger partial charge < -0.3 is 4.90 Å². The lowest BCUT2D eigenvalue weighted by atomic mass is 10.0. The molecule has 0 amide bonds. The van der Waals surface area contributed by atoms with Gasteiger partial charge in [-0.15, -0.1) is 0 Å². The topological polar surface area (TPSA) is 3.24 Å². The minimum Gasteiger partial charge on any atom is -0.310 e. The first-order valence-electron chi connectivity index (χ1n) is 11.0. The summed E-state index contributed by atoms with van der Waals surface area (Å²) in [4.78, 5) is 2.36. The fourth-order valence-corrected chi connectivity index (χ4v) is 4.57. The van der Waals surface area contributed by atoms with Crippen molar-refractivity contribution in [2.75, 3.05) is 4.90 Å². The lowest BCUT2D eigenvalue weighted by Crippen LogP contribution is -2.10. The van der Waals surface area contributed by atoms with Crippen LogP contribution in [0.5, 0.6) is 0 Å². The summed E-state index contributed by atoms with van der Waals surface area (Å²) in [6.07, 6.45) is 0. The van der Waals surface area contributed by atoms with Crippen LogP contribution in [0, 0.1) is 6.92 Å². The zero-order chi connectivity index (χ0) is 21.5. The first-order valence-corrected chi connectivity index (χ1v) is 11.0. The Morgan fingerprint density at radius 1 is 0.375 bits per heavy atom. The van der Waals surface area contributed by atoms with E-state index in [9.17, 15) is 0 Å². The van der Waals surface area contributed by atoms with Crippen molar-refractivity contribution in [1.82, 2.24) is 0 Å². The van der Waals surface area contributed by atoms with E-state index in [2.05, 4.69) is 133 Å². The third-order valence-electron chi connectivity index (χ3n) is 6.22. The van der Waals surface area contributed by atoms with E-state index in [1.54, 1.807) is 0 Å². The van der Waals surface area contributed by atoms with Gasteiger partial charge in [0.2, 0.25) is 0 Å². The van der Waals surface area contributed by atoms with Crippen molar-refractivity contribution in [3.05, 3.63) is 127 Å². The Morgan fingerprint density at radius 2 is 0.750 bits per heavy atom. The molecule has 0 unspecified atom stereocenters. The van der Waals surface area contributed by atoms with Crippen LogP contribution in [-0.2, 0) is 0 Å². The molecule has 152 valence electrons. The van der Waals surface area contributed by atoms with Crippen LogP contribution < -0.4 is 4.90 Å². The van der Waals surface area contributed by atoms with Crippen LogP contribution in [0.4, 0.5) is 17.1 Å². The summed E-state index contributed by atoms with van der Waals surface area (Å²) in [5.41, 5.74) is 4.76. The number of anilines is 3. The van der Waals surface area contributed by atoms with E-state index in [-0.39, 0.29) is 0 Å². The Kier molecular flexibility index (Phi) is 4.40. The third-order valence-corrected chi connectivity index (χ3v) is 6.22. The van der Waals surface area contributed by atoms with Crippen LogP contribution in [0.3, 0.4) is 0 Å². The highest BCUT2D eigenvalue weighted by atomic mass is 15.1. The molecule has 6 aromatic rings. The Labute approximate surface area is 188 Å². The van der Waals surface area contributed by atoms with E-state index in [4.69, 9.17) is 0 Å². The van der Waals surface area contributed by atoms with E-state index in [1.165, 1.54) is 37.9 Å². The quantitative estimate of drug-likeness (QED) is 0.282. The summed E-state index contributed by atoms with van der Waals surface area (Å²) in [5, 5.41) is 7.51. The van der Waals surface area contributed by atoms with Crippen molar-refractivity contribution in [2.24, 2.45) is 0 Å². The number of rotatable bonds is 3. The van der Waals surface area contributed by atoms with Gasteiger partial charge in [0.25, 0.3) is 0 Å². The Bertz CT molecular complexity index is 1520. The van der Waals surface area contributed by atoms with Gasteiger partial charge in [-0.1, -0.05) is 90.5 Å². The number of hydrogen-bond donors (Lipinski definition) is 0. The van der Waals surface area contributed by atoms with Gasteiger partial charge in [-0.2, -0.15) is 0 Å². The summed E-state index contributed by atoms with van der Waals surface area (Å²) in [6, 6.07) is 43.9. The molecule has 0 heterocycles. The monoisotopic (exact) mass is 409 g/mol. The van der Waals surface area contributed by atoms with E-state index >= 15 is 0 Å². The molecule has 0 aliphatic heterocycles. The molecule has 0 bridgehead atoms. The molecule has 0 spiro atoms. The zero-order valence-electron chi connectivity index (χ0n) is 18.0. The molecular formula is C31H23N. The molecule has 0 saturated heterocycles. The highest BCUT2D eigenvalue weighted by Gasteiger charge is 2.14. The van der Waals surface area contributed by atoms with E-state index < -0.39 is 0 Å². The van der Waals surface area contributed by atoms with Gasteiger partial charge in [0.15, 0.2) is 0 Å². The smallest absolute Gasteiger partial charge is 0.0468 e. The van der Waals surface area contributed by atoms with Crippen LogP contribution in [0.1, 0.15) is 5.56 Å². The third kappa shape index (κ3) is 3.29. The Balaban J connectivity index is 1.58. The molecule has 0 N–H and O–H groups in total. The highest BCUT2D eigenvalue weighted by Crippen LogP contribution is 2.38. The SMILES string of the molecule is Cc1ccc2cc(N(c3ccc4ccccc4c3)c3ccc4ccccc4c3)ccc2c1. The van der Waals surface area contributed by atoms with Gasteiger partial charge in [0, 0.05) is 17.1 Å². The molecule has 0 atom stereocenters. The molecule has 6 rings (SSSR count). The first kappa shape index (κ1) is 18.7. The van der Waals surface area contributed by atoms with Crippen molar-refractivity contribution in [3.8, 4) is 0 Å². The van der Waals surface area contributed by atoms with Crippen LogP contribution in [0.15, 0.2) is 121 Å². The molecule has 1 heteroatoms. The van der Waals surface area contributed by atoms with Gasteiger partial charge in [-0.3, -0.25) is 0 Å². The summed E-state index contributed by atoms with van der Waals surface area (Å²) in [7, 11) is 0. The Morgan fingerprint density at radius 3 is 1.28 bits per heavy atom. The number of aryl methyl sites for hydroxylation is 1. The largest absolute Gasteiger partial charge is 0.310 e. The predicted octanol–water partition coefficient (Wildman–Crippen LogP) is 8.92. The normalized spacial score (nSPS) is 11.3. The average molecular weight is 410 g/mol. The number of hydrogen-bond acceptors (Lipinski definition) is 1. The summed E-state index contributed by atoms with van der Waals surface area (Å²) in [5.74, 6) is 0. The molecule has 0 radical (unpaired) electrons. The van der Waals surface area contributed by atoms with Crippen LogP contribution >= 0.6 is 0 Å². The second kappa shape index (κ2) is 7.55. The van der Waals surface area contributed by atoms with Crippen LogP contribution in [-0.4, -0.2) is 0 Å². The molecular weight excluding hydrogens is 386 g/mol. The second-order valence-electron chi connectivity index (χ2n) is 8.43. The van der Waals surface area contributed by atoms with Crippen molar-refractivity contribution < 1.29 is 0 Å². The Hall–Kier alpha value is -4.10. The molecule has 0 saturated carbocycles. The maximum Gasteiger partial charge on any atom is 0.0468 e. The van der Waals surface area contributed by atoms with Gasteiger partial charge in [0.05, 0.1) is 0 Å². The number of benzene rings is 6. The molecule has 0 aromatic heterocycles. The predicted molar refractivity (Wildman–Crippen MR) is 138 cm³/mol. The molecule has 32 heavy (non-hydrogen) atoms. The molecule has 1 nitrogen and oxygen atoms in total. The first-order chi connectivity index (χ1) is 15.7. The van der Waals surface area contributed by atoms with Crippen LogP contribution in [0.2, 0.25) is 0 Å². The number of fused-ring (bicyclic) bond motifs is 3. The second-order valence-corrected chi connectivity index (χ2v) is 8.43. The zero-order valence-corrected chi connectivity index (χ0v) is 18.0. The molecule has 0 aliphatic carbocycles. The summed E-state index contributed by atoms with van der Waals surface area (Å²) < 4.78 is 0. The van der Waals surface area contributed by atoms with Crippen molar-refractivity contribution in [1.29, 1.82) is 0 Å². The highest BCUT2D eigenvalue weighted by molar-refractivity contribution is 5.94. The van der Waals surface area contributed by atoms with Crippen molar-refractivity contribution in [2.45, 2.75) is 6.92 Å². The maximum absolute atomic E-state index is 2.36.